The van der Waals surface area contributed by atoms with Gasteiger partial charge >= 0.3 is 0 Å². The van der Waals surface area contributed by atoms with Crippen molar-refractivity contribution in [2.75, 3.05) is 26.3 Å². The van der Waals surface area contributed by atoms with Crippen LogP contribution >= 0.6 is 0 Å². The number of nitriles is 1. The maximum absolute atomic E-state index is 9.59. The van der Waals surface area contributed by atoms with Gasteiger partial charge in [-0.1, -0.05) is 5.92 Å². The fraction of sp³-hybridized carbons (Fsp3) is 0.143. The van der Waals surface area contributed by atoms with Gasteiger partial charge in [0.05, 0.1) is 42.2 Å². The summed E-state index contributed by atoms with van der Waals surface area (Å²) < 4.78 is 21.8. The van der Waals surface area contributed by atoms with Gasteiger partial charge in [0.15, 0.2) is 23.0 Å². The Hall–Kier alpha value is -4.10. The molecule has 7 heteroatoms. The smallest absolute Gasteiger partial charge is 0.231 e. The predicted octanol–water partition coefficient (Wildman–Crippen LogP) is 3.58. The van der Waals surface area contributed by atoms with Gasteiger partial charge in [0, 0.05) is 17.6 Å². The highest BCUT2D eigenvalue weighted by molar-refractivity contribution is 5.98. The summed E-state index contributed by atoms with van der Waals surface area (Å²) in [4.78, 5) is 4.36. The van der Waals surface area contributed by atoms with Crippen LogP contribution in [0.25, 0.3) is 10.9 Å². The Bertz CT molecular complexity index is 1180. The molecule has 2 aromatic carbocycles. The molecule has 0 unspecified atom stereocenters. The van der Waals surface area contributed by atoms with Crippen molar-refractivity contribution in [1.29, 1.82) is 5.26 Å². The number of fused-ring (bicyclic) bond motifs is 2. The Labute approximate surface area is 161 Å². The second-order valence-corrected chi connectivity index (χ2v) is 5.88. The number of hydrogen-bond acceptors (Lipinski definition) is 7. The van der Waals surface area contributed by atoms with Crippen molar-refractivity contribution in [3.63, 3.8) is 0 Å². The molecule has 0 amide bonds. The number of nitrogens with one attached hydrogen (secondary N) is 1. The minimum absolute atomic E-state index is 0.0793. The number of benzene rings is 2. The van der Waals surface area contributed by atoms with Crippen LogP contribution in [0.1, 0.15) is 11.1 Å². The molecule has 138 valence electrons. The number of terminal acetylenes is 1. The van der Waals surface area contributed by atoms with E-state index >= 15 is 0 Å². The zero-order valence-corrected chi connectivity index (χ0v) is 15.2. The van der Waals surface area contributed by atoms with Crippen molar-refractivity contribution < 1.29 is 18.9 Å². The second kappa shape index (κ2) is 6.90. The minimum atomic E-state index is 0.0793. The van der Waals surface area contributed by atoms with E-state index in [1.165, 1.54) is 6.20 Å². The number of pyridine rings is 1. The molecule has 0 aliphatic carbocycles. The third-order valence-corrected chi connectivity index (χ3v) is 4.43. The first-order valence-electron chi connectivity index (χ1n) is 8.31. The van der Waals surface area contributed by atoms with Crippen LogP contribution in [-0.2, 0) is 0 Å². The standard InChI is InChI=1S/C21H15N3O4/c1-4-12-5-6-15(21-20(12)27-11-28-21)24-19-13(9-22)10-23-16-8-18(26-3)17(25-2)7-14(16)19/h1,5-8,10H,11H2,2-3H3,(H,23,24). The van der Waals surface area contributed by atoms with Gasteiger partial charge in [0.2, 0.25) is 6.79 Å². The molecule has 0 saturated heterocycles. The monoisotopic (exact) mass is 373 g/mol. The summed E-state index contributed by atoms with van der Waals surface area (Å²) in [6, 6.07) is 9.24. The lowest BCUT2D eigenvalue weighted by atomic mass is 10.1. The van der Waals surface area contributed by atoms with Gasteiger partial charge in [-0.05, 0) is 18.2 Å². The van der Waals surface area contributed by atoms with Crippen LogP contribution in [0.2, 0.25) is 0 Å². The van der Waals surface area contributed by atoms with Crippen LogP contribution in [0.5, 0.6) is 23.0 Å². The number of anilines is 2. The normalized spacial score (nSPS) is 11.6. The zero-order chi connectivity index (χ0) is 19.7. The lowest BCUT2D eigenvalue weighted by Crippen LogP contribution is -2.00. The van der Waals surface area contributed by atoms with Crippen LogP contribution < -0.4 is 24.3 Å². The number of aromatic nitrogens is 1. The molecular formula is C21H15N3O4. The summed E-state index contributed by atoms with van der Waals surface area (Å²) >= 11 is 0. The Morgan fingerprint density at radius 1 is 1.11 bits per heavy atom. The highest BCUT2D eigenvalue weighted by Gasteiger charge is 2.23. The van der Waals surface area contributed by atoms with E-state index in [0.717, 1.165) is 0 Å². The molecule has 1 aliphatic heterocycles. The van der Waals surface area contributed by atoms with E-state index in [1.807, 2.05) is 0 Å². The SMILES string of the molecule is C#Cc1ccc(Nc2c(C#N)cnc3cc(OC)c(OC)cc23)c2c1OCO2. The number of ether oxygens (including phenoxy) is 4. The summed E-state index contributed by atoms with van der Waals surface area (Å²) in [6.45, 7) is 0.0793. The number of nitrogens with zero attached hydrogens (tertiary/aromatic N) is 2. The lowest BCUT2D eigenvalue weighted by molar-refractivity contribution is 0.174. The Morgan fingerprint density at radius 2 is 1.86 bits per heavy atom. The third-order valence-electron chi connectivity index (χ3n) is 4.43. The number of hydrogen-bond donors (Lipinski definition) is 1. The van der Waals surface area contributed by atoms with Crippen molar-refractivity contribution in [2.45, 2.75) is 0 Å². The van der Waals surface area contributed by atoms with Gasteiger partial charge in [-0.15, -0.1) is 6.42 Å². The van der Waals surface area contributed by atoms with Crippen LogP contribution in [0.15, 0.2) is 30.5 Å². The molecule has 1 aliphatic rings. The van der Waals surface area contributed by atoms with Gasteiger partial charge in [0.25, 0.3) is 0 Å². The maximum atomic E-state index is 9.59. The lowest BCUT2D eigenvalue weighted by Gasteiger charge is -2.15. The van der Waals surface area contributed by atoms with E-state index < -0.39 is 0 Å². The fourth-order valence-corrected chi connectivity index (χ4v) is 3.08. The van der Waals surface area contributed by atoms with Gasteiger partial charge < -0.3 is 24.3 Å². The molecule has 0 fully saturated rings. The maximum Gasteiger partial charge on any atom is 0.231 e. The number of rotatable bonds is 4. The Morgan fingerprint density at radius 3 is 2.57 bits per heavy atom. The van der Waals surface area contributed by atoms with E-state index in [2.05, 4.69) is 22.3 Å². The average molecular weight is 373 g/mol. The fourth-order valence-electron chi connectivity index (χ4n) is 3.08. The molecule has 28 heavy (non-hydrogen) atoms. The first kappa shape index (κ1) is 17.3. The molecule has 7 nitrogen and oxygen atoms in total. The molecule has 1 aromatic heterocycles. The van der Waals surface area contributed by atoms with Crippen LogP contribution in [0.4, 0.5) is 11.4 Å². The molecule has 4 rings (SSSR count). The first-order valence-corrected chi connectivity index (χ1v) is 8.31. The van der Waals surface area contributed by atoms with Crippen LogP contribution in [0, 0.1) is 23.7 Å². The predicted molar refractivity (Wildman–Crippen MR) is 103 cm³/mol. The van der Waals surface area contributed by atoms with Gasteiger partial charge in [-0.3, -0.25) is 4.98 Å². The highest BCUT2D eigenvalue weighted by atomic mass is 16.7. The molecular weight excluding hydrogens is 358 g/mol. The van der Waals surface area contributed by atoms with Gasteiger partial charge in [-0.25, -0.2) is 0 Å². The molecule has 0 spiro atoms. The quantitative estimate of drug-likeness (QED) is 0.700. The summed E-state index contributed by atoms with van der Waals surface area (Å²) in [5, 5.41) is 13.6. The Balaban J connectivity index is 1.91. The molecule has 0 radical (unpaired) electrons. The van der Waals surface area contributed by atoms with Crippen molar-refractivity contribution in [1.82, 2.24) is 4.98 Å². The molecule has 2 heterocycles. The average Bonchev–Trinajstić information content (AvgIpc) is 3.23. The summed E-state index contributed by atoms with van der Waals surface area (Å²) in [5.74, 6) is 4.66. The van der Waals surface area contributed by atoms with E-state index in [1.54, 1.807) is 38.5 Å². The van der Waals surface area contributed by atoms with Crippen molar-refractivity contribution in [3.8, 4) is 41.4 Å². The molecule has 0 bridgehead atoms. The molecule has 1 N–H and O–H groups in total. The second-order valence-electron chi connectivity index (χ2n) is 5.88. The molecule has 0 atom stereocenters. The van der Waals surface area contributed by atoms with Crippen molar-refractivity contribution in [3.05, 3.63) is 41.6 Å². The Kier molecular flexibility index (Phi) is 4.27. The topological polar surface area (TPSA) is 85.6 Å². The summed E-state index contributed by atoms with van der Waals surface area (Å²) in [6.07, 6.45) is 7.03. The van der Waals surface area contributed by atoms with Gasteiger partial charge in [-0.2, -0.15) is 5.26 Å². The third kappa shape index (κ3) is 2.67. The van der Waals surface area contributed by atoms with E-state index in [-0.39, 0.29) is 6.79 Å². The van der Waals surface area contributed by atoms with E-state index in [0.29, 0.717) is 56.4 Å². The molecule has 0 saturated carbocycles. The number of methoxy groups -OCH3 is 2. The van der Waals surface area contributed by atoms with E-state index in [9.17, 15) is 5.26 Å². The van der Waals surface area contributed by atoms with E-state index in [4.69, 9.17) is 25.4 Å². The zero-order valence-electron chi connectivity index (χ0n) is 15.2. The van der Waals surface area contributed by atoms with Gasteiger partial charge in [0.1, 0.15) is 6.07 Å². The van der Waals surface area contributed by atoms with Crippen LogP contribution in [0.3, 0.4) is 0 Å². The van der Waals surface area contributed by atoms with Crippen molar-refractivity contribution >= 4 is 22.3 Å². The van der Waals surface area contributed by atoms with Crippen molar-refractivity contribution in [2.24, 2.45) is 0 Å². The summed E-state index contributed by atoms with van der Waals surface area (Å²) in [5.41, 5.74) is 2.82. The largest absolute Gasteiger partial charge is 0.493 e. The highest BCUT2D eigenvalue weighted by Crippen LogP contribution is 2.44. The van der Waals surface area contributed by atoms with Crippen LogP contribution in [-0.4, -0.2) is 26.0 Å². The first-order chi connectivity index (χ1) is 13.7. The molecule has 3 aromatic rings. The summed E-state index contributed by atoms with van der Waals surface area (Å²) in [7, 11) is 3.11. The minimum Gasteiger partial charge on any atom is -0.493 e.